The molecule has 90 valence electrons. The number of hydrogen-bond acceptors (Lipinski definition) is 4. The summed E-state index contributed by atoms with van der Waals surface area (Å²) in [4.78, 5) is 20.1. The van der Waals surface area contributed by atoms with Crippen LogP contribution in [0.15, 0.2) is 28.9 Å². The minimum absolute atomic E-state index is 0.145. The van der Waals surface area contributed by atoms with Gasteiger partial charge in [0, 0.05) is 0 Å². The van der Waals surface area contributed by atoms with Crippen molar-refractivity contribution in [2.75, 3.05) is 0 Å². The Morgan fingerprint density at radius 1 is 1.33 bits per heavy atom. The van der Waals surface area contributed by atoms with E-state index in [9.17, 15) is 4.79 Å². The lowest BCUT2D eigenvalue weighted by molar-refractivity contribution is -0.115. The van der Waals surface area contributed by atoms with E-state index in [0.29, 0.717) is 11.5 Å². The number of amides is 1. The molecule has 0 saturated carbocycles. The van der Waals surface area contributed by atoms with Crippen molar-refractivity contribution >= 4 is 39.4 Å². The van der Waals surface area contributed by atoms with Crippen LogP contribution in [0.2, 0.25) is 0 Å². The molecule has 1 aromatic heterocycles. The number of amidine groups is 1. The fourth-order valence-corrected chi connectivity index (χ4v) is 2.77. The smallest absolute Gasteiger partial charge is 0.275 e. The first-order chi connectivity index (χ1) is 8.61. The Morgan fingerprint density at radius 3 is 2.89 bits per heavy atom. The Labute approximate surface area is 108 Å². The summed E-state index contributed by atoms with van der Waals surface area (Å²) in [5, 5.41) is 3.71. The Morgan fingerprint density at radius 2 is 2.17 bits per heavy atom. The van der Waals surface area contributed by atoms with Gasteiger partial charge in [-0.2, -0.15) is 0 Å². The lowest BCUT2D eigenvalue weighted by Crippen LogP contribution is -2.21. The number of hydrogen-bond donors (Lipinski definition) is 1. The van der Waals surface area contributed by atoms with Gasteiger partial charge in [0.2, 0.25) is 0 Å². The number of thiazole rings is 1. The molecule has 5 heteroatoms. The molecular formula is C13H11N3OS. The van der Waals surface area contributed by atoms with Gasteiger partial charge in [-0.05, 0) is 37.6 Å². The zero-order chi connectivity index (χ0) is 12.7. The molecule has 18 heavy (non-hydrogen) atoms. The summed E-state index contributed by atoms with van der Waals surface area (Å²) in [5.74, 6) is 0.494. The lowest BCUT2D eigenvalue weighted by Gasteiger charge is -1.94. The van der Waals surface area contributed by atoms with Crippen LogP contribution in [-0.2, 0) is 4.79 Å². The van der Waals surface area contributed by atoms with Crippen molar-refractivity contribution in [1.82, 2.24) is 10.3 Å². The predicted octanol–water partition coefficient (Wildman–Crippen LogP) is 2.49. The highest BCUT2D eigenvalue weighted by molar-refractivity contribution is 7.18. The first-order valence-electron chi connectivity index (χ1n) is 5.57. The molecule has 0 bridgehead atoms. The maximum atomic E-state index is 11.6. The quantitative estimate of drug-likeness (QED) is 0.798. The van der Waals surface area contributed by atoms with Crippen LogP contribution in [0.25, 0.3) is 16.3 Å². The second kappa shape index (κ2) is 4.03. The molecule has 1 N–H and O–H groups in total. The van der Waals surface area contributed by atoms with Gasteiger partial charge in [0.05, 0.1) is 15.2 Å². The van der Waals surface area contributed by atoms with Gasteiger partial charge in [-0.25, -0.2) is 9.98 Å². The third kappa shape index (κ3) is 1.93. The second-order valence-corrected chi connectivity index (χ2v) is 5.38. The molecule has 0 fully saturated rings. The number of rotatable bonds is 1. The summed E-state index contributed by atoms with van der Waals surface area (Å²) in [6.07, 6.45) is 1.79. The maximum Gasteiger partial charge on any atom is 0.275 e. The van der Waals surface area contributed by atoms with Crippen molar-refractivity contribution in [2.24, 2.45) is 4.99 Å². The van der Waals surface area contributed by atoms with E-state index in [1.54, 1.807) is 24.3 Å². The molecule has 2 aromatic rings. The monoisotopic (exact) mass is 257 g/mol. The molecule has 1 aromatic carbocycles. The van der Waals surface area contributed by atoms with Gasteiger partial charge in [0.15, 0.2) is 0 Å². The largest absolute Gasteiger partial charge is 0.309 e. The van der Waals surface area contributed by atoms with Crippen LogP contribution in [0.1, 0.15) is 17.5 Å². The number of carbonyl (C=O) groups is 1. The molecule has 0 aliphatic carbocycles. The number of nitrogens with zero attached hydrogens (tertiary/aromatic N) is 2. The molecule has 1 amide bonds. The van der Waals surface area contributed by atoms with Gasteiger partial charge >= 0.3 is 0 Å². The van der Waals surface area contributed by atoms with Crippen LogP contribution < -0.4 is 5.32 Å². The summed E-state index contributed by atoms with van der Waals surface area (Å²) in [6.45, 7) is 3.76. The van der Waals surface area contributed by atoms with E-state index in [4.69, 9.17) is 0 Å². The van der Waals surface area contributed by atoms with E-state index < -0.39 is 0 Å². The van der Waals surface area contributed by atoms with Crippen LogP contribution in [0, 0.1) is 6.92 Å². The first-order valence-corrected chi connectivity index (χ1v) is 6.39. The Bertz CT molecular complexity index is 712. The van der Waals surface area contributed by atoms with Crippen molar-refractivity contribution in [1.29, 1.82) is 0 Å². The van der Waals surface area contributed by atoms with Gasteiger partial charge in [-0.1, -0.05) is 6.07 Å². The van der Waals surface area contributed by atoms with Crippen molar-refractivity contribution in [3.63, 3.8) is 0 Å². The number of benzene rings is 1. The van der Waals surface area contributed by atoms with Crippen LogP contribution in [0.4, 0.5) is 0 Å². The standard InChI is InChI=1S/C13H11N3OS/c1-7-14-11(13(17)15-7)5-9-3-4-10-12(6-9)18-8(2)16-10/h3-6H,1-2H3,(H,14,15,17)/b11-5-. The van der Waals surface area contributed by atoms with E-state index in [2.05, 4.69) is 15.3 Å². The molecule has 0 atom stereocenters. The fraction of sp³-hybridized carbons (Fsp3) is 0.154. The second-order valence-electron chi connectivity index (χ2n) is 4.14. The minimum Gasteiger partial charge on any atom is -0.309 e. The third-order valence-electron chi connectivity index (χ3n) is 2.64. The fourth-order valence-electron chi connectivity index (χ4n) is 1.89. The number of aryl methyl sites for hydroxylation is 1. The average molecular weight is 257 g/mol. The summed E-state index contributed by atoms with van der Waals surface area (Å²) in [6, 6.07) is 5.95. The van der Waals surface area contributed by atoms with Crippen molar-refractivity contribution < 1.29 is 4.79 Å². The van der Waals surface area contributed by atoms with Gasteiger partial charge in [0.25, 0.3) is 5.91 Å². The number of fused-ring (bicyclic) bond motifs is 1. The summed E-state index contributed by atoms with van der Waals surface area (Å²) >= 11 is 1.65. The average Bonchev–Trinajstić information content (AvgIpc) is 2.80. The molecule has 3 rings (SSSR count). The summed E-state index contributed by atoms with van der Waals surface area (Å²) < 4.78 is 1.13. The number of carbonyl (C=O) groups excluding carboxylic acids is 1. The van der Waals surface area contributed by atoms with Gasteiger partial charge in [0.1, 0.15) is 11.5 Å². The van der Waals surface area contributed by atoms with Crippen LogP contribution in [0.5, 0.6) is 0 Å². The van der Waals surface area contributed by atoms with Crippen molar-refractivity contribution in [3.05, 3.63) is 34.5 Å². The van der Waals surface area contributed by atoms with Gasteiger partial charge in [-0.3, -0.25) is 4.79 Å². The van der Waals surface area contributed by atoms with Crippen molar-refractivity contribution in [2.45, 2.75) is 13.8 Å². The van der Waals surface area contributed by atoms with E-state index in [-0.39, 0.29) is 5.91 Å². The SMILES string of the molecule is CC1=N/C(=C\c2ccc3nc(C)sc3c2)C(=O)N1. The maximum absolute atomic E-state index is 11.6. The van der Waals surface area contributed by atoms with Crippen molar-refractivity contribution in [3.8, 4) is 0 Å². The van der Waals surface area contributed by atoms with E-state index >= 15 is 0 Å². The molecule has 0 saturated heterocycles. The molecule has 0 unspecified atom stereocenters. The molecule has 2 heterocycles. The third-order valence-corrected chi connectivity index (χ3v) is 3.57. The zero-order valence-electron chi connectivity index (χ0n) is 10.0. The Hall–Kier alpha value is -2.01. The lowest BCUT2D eigenvalue weighted by atomic mass is 10.2. The van der Waals surface area contributed by atoms with Crippen LogP contribution >= 0.6 is 11.3 Å². The molecule has 0 spiro atoms. The molecular weight excluding hydrogens is 246 g/mol. The Kier molecular flexibility index (Phi) is 2.48. The molecule has 0 radical (unpaired) electrons. The normalized spacial score (nSPS) is 17.3. The number of nitrogens with one attached hydrogen (secondary N) is 1. The van der Waals surface area contributed by atoms with E-state index in [0.717, 1.165) is 20.8 Å². The van der Waals surface area contributed by atoms with Crippen LogP contribution in [-0.4, -0.2) is 16.7 Å². The Balaban J connectivity index is 2.05. The highest BCUT2D eigenvalue weighted by Gasteiger charge is 2.16. The van der Waals surface area contributed by atoms with Gasteiger partial charge in [-0.15, -0.1) is 11.3 Å². The highest BCUT2D eigenvalue weighted by atomic mass is 32.1. The molecule has 1 aliphatic rings. The predicted molar refractivity (Wildman–Crippen MR) is 73.6 cm³/mol. The molecule has 1 aliphatic heterocycles. The highest BCUT2D eigenvalue weighted by Crippen LogP contribution is 2.24. The van der Waals surface area contributed by atoms with Crippen LogP contribution in [0.3, 0.4) is 0 Å². The number of aliphatic imine (C=N–C) groups is 1. The summed E-state index contributed by atoms with van der Waals surface area (Å²) in [7, 11) is 0. The minimum atomic E-state index is -0.145. The molecule has 4 nitrogen and oxygen atoms in total. The van der Waals surface area contributed by atoms with Gasteiger partial charge < -0.3 is 5.32 Å². The first kappa shape index (κ1) is 11.1. The van der Waals surface area contributed by atoms with E-state index in [1.807, 2.05) is 25.1 Å². The number of aromatic nitrogens is 1. The summed E-state index contributed by atoms with van der Waals surface area (Å²) in [5.41, 5.74) is 2.41. The topological polar surface area (TPSA) is 54.4 Å². The zero-order valence-corrected chi connectivity index (χ0v) is 10.8. The van der Waals surface area contributed by atoms with E-state index in [1.165, 1.54) is 0 Å².